The van der Waals surface area contributed by atoms with Crippen molar-refractivity contribution in [3.05, 3.63) is 34.9 Å². The molecule has 2 N–H and O–H groups in total. The van der Waals surface area contributed by atoms with Crippen LogP contribution in [-0.2, 0) is 11.2 Å². The number of carbonyl (C=O) groups excluding carboxylic acids is 1. The first-order chi connectivity index (χ1) is 10.1. The molecule has 3 rings (SSSR count). The highest BCUT2D eigenvalue weighted by Gasteiger charge is 2.24. The van der Waals surface area contributed by atoms with E-state index in [1.54, 1.807) is 0 Å². The standard InChI is InChI=1S/C13H12ClFN4O2/c14-9-5-7(15)1-2-8(9)12-18-11(21-19-12)6-10-13(20)17-4-3-16-10/h1-2,5,10,16H,3-4,6H2,(H,17,20). The van der Waals surface area contributed by atoms with E-state index < -0.39 is 11.9 Å². The van der Waals surface area contributed by atoms with Gasteiger partial charge in [-0.1, -0.05) is 16.8 Å². The van der Waals surface area contributed by atoms with E-state index in [9.17, 15) is 9.18 Å². The monoisotopic (exact) mass is 310 g/mol. The van der Waals surface area contributed by atoms with E-state index in [-0.39, 0.29) is 23.2 Å². The van der Waals surface area contributed by atoms with Crippen LogP contribution in [-0.4, -0.2) is 35.2 Å². The summed E-state index contributed by atoms with van der Waals surface area (Å²) in [5.74, 6) is 0.0579. The fourth-order valence-corrected chi connectivity index (χ4v) is 2.36. The maximum Gasteiger partial charge on any atom is 0.237 e. The number of piperazine rings is 1. The first-order valence-corrected chi connectivity index (χ1v) is 6.80. The number of nitrogens with zero attached hydrogens (tertiary/aromatic N) is 2. The SMILES string of the molecule is O=C1NCCNC1Cc1nc(-c2ccc(F)cc2Cl)no1. The van der Waals surface area contributed by atoms with Gasteiger partial charge in [0.25, 0.3) is 0 Å². The van der Waals surface area contributed by atoms with Crippen LogP contribution >= 0.6 is 11.6 Å². The molecule has 0 bridgehead atoms. The number of halogens is 2. The second kappa shape index (κ2) is 5.79. The molecule has 0 aliphatic carbocycles. The second-order valence-electron chi connectivity index (χ2n) is 4.64. The Balaban J connectivity index is 1.78. The van der Waals surface area contributed by atoms with Crippen LogP contribution in [0, 0.1) is 5.82 Å². The van der Waals surface area contributed by atoms with Gasteiger partial charge < -0.3 is 15.2 Å². The number of benzene rings is 1. The van der Waals surface area contributed by atoms with Crippen molar-refractivity contribution in [3.8, 4) is 11.4 Å². The third-order valence-corrected chi connectivity index (χ3v) is 3.46. The fraction of sp³-hybridized carbons (Fsp3) is 0.308. The molecule has 0 spiro atoms. The predicted octanol–water partition coefficient (Wildman–Crippen LogP) is 1.16. The van der Waals surface area contributed by atoms with Gasteiger partial charge >= 0.3 is 0 Å². The Bertz CT molecular complexity index is 676. The van der Waals surface area contributed by atoms with Gasteiger partial charge in [-0.15, -0.1) is 0 Å². The number of carbonyl (C=O) groups is 1. The van der Waals surface area contributed by atoms with Crippen molar-refractivity contribution >= 4 is 17.5 Å². The Morgan fingerprint density at radius 1 is 1.43 bits per heavy atom. The zero-order chi connectivity index (χ0) is 14.8. The summed E-state index contributed by atoms with van der Waals surface area (Å²) in [6, 6.07) is 3.55. The highest BCUT2D eigenvalue weighted by Crippen LogP contribution is 2.26. The number of aromatic nitrogens is 2. The van der Waals surface area contributed by atoms with Crippen LogP contribution in [0.3, 0.4) is 0 Å². The van der Waals surface area contributed by atoms with Crippen molar-refractivity contribution in [2.75, 3.05) is 13.1 Å². The van der Waals surface area contributed by atoms with Crippen molar-refractivity contribution in [2.24, 2.45) is 0 Å². The largest absolute Gasteiger partial charge is 0.353 e. The zero-order valence-electron chi connectivity index (χ0n) is 10.9. The summed E-state index contributed by atoms with van der Waals surface area (Å²) in [5.41, 5.74) is 0.481. The lowest BCUT2D eigenvalue weighted by Crippen LogP contribution is -2.53. The molecule has 2 aromatic rings. The van der Waals surface area contributed by atoms with Crippen LogP contribution in [0.15, 0.2) is 22.7 Å². The molecule has 6 nitrogen and oxygen atoms in total. The van der Waals surface area contributed by atoms with Crippen LogP contribution in [0.4, 0.5) is 4.39 Å². The lowest BCUT2D eigenvalue weighted by Gasteiger charge is -2.21. The van der Waals surface area contributed by atoms with E-state index in [0.29, 0.717) is 24.5 Å². The molecule has 1 fully saturated rings. The molecule has 110 valence electrons. The van der Waals surface area contributed by atoms with Gasteiger partial charge in [-0.25, -0.2) is 4.39 Å². The number of amides is 1. The summed E-state index contributed by atoms with van der Waals surface area (Å²) >= 11 is 5.95. The lowest BCUT2D eigenvalue weighted by atomic mass is 10.1. The Morgan fingerprint density at radius 3 is 3.05 bits per heavy atom. The highest BCUT2D eigenvalue weighted by molar-refractivity contribution is 6.33. The Kier molecular flexibility index (Phi) is 3.85. The summed E-state index contributed by atoms with van der Waals surface area (Å²) in [4.78, 5) is 15.8. The Labute approximate surface area is 124 Å². The first-order valence-electron chi connectivity index (χ1n) is 6.42. The van der Waals surface area contributed by atoms with Gasteiger partial charge in [-0.2, -0.15) is 4.98 Å². The normalized spacial score (nSPS) is 18.6. The van der Waals surface area contributed by atoms with E-state index >= 15 is 0 Å². The molecule has 1 atom stereocenters. The molecule has 0 saturated carbocycles. The molecule has 1 aliphatic rings. The van der Waals surface area contributed by atoms with Crippen molar-refractivity contribution < 1.29 is 13.7 Å². The Hall–Kier alpha value is -1.99. The molecule has 1 aliphatic heterocycles. The molecule has 1 amide bonds. The summed E-state index contributed by atoms with van der Waals surface area (Å²) in [6.07, 6.45) is 0.289. The van der Waals surface area contributed by atoms with E-state index in [2.05, 4.69) is 20.8 Å². The number of hydrogen-bond donors (Lipinski definition) is 2. The first kappa shape index (κ1) is 14.0. The second-order valence-corrected chi connectivity index (χ2v) is 5.04. The fourth-order valence-electron chi connectivity index (χ4n) is 2.11. The maximum atomic E-state index is 13.0. The third-order valence-electron chi connectivity index (χ3n) is 3.15. The molecule has 1 saturated heterocycles. The van der Waals surface area contributed by atoms with E-state index in [1.807, 2.05) is 0 Å². The molecule has 1 unspecified atom stereocenters. The molecule has 1 aromatic heterocycles. The predicted molar refractivity (Wildman–Crippen MR) is 73.2 cm³/mol. The molecular formula is C13H12ClFN4O2. The van der Waals surface area contributed by atoms with Gasteiger partial charge in [0.05, 0.1) is 17.5 Å². The third kappa shape index (κ3) is 3.03. The number of rotatable bonds is 3. The minimum atomic E-state index is -0.435. The number of nitrogens with one attached hydrogen (secondary N) is 2. The summed E-state index contributed by atoms with van der Waals surface area (Å²) < 4.78 is 18.1. The van der Waals surface area contributed by atoms with Gasteiger partial charge in [0, 0.05) is 18.7 Å². The van der Waals surface area contributed by atoms with Gasteiger partial charge in [-0.3, -0.25) is 4.79 Å². The molecule has 1 aromatic carbocycles. The van der Waals surface area contributed by atoms with Crippen LogP contribution < -0.4 is 10.6 Å². The van der Waals surface area contributed by atoms with Gasteiger partial charge in [0.2, 0.25) is 17.6 Å². The smallest absolute Gasteiger partial charge is 0.237 e. The molecule has 8 heteroatoms. The van der Waals surface area contributed by atoms with Crippen molar-refractivity contribution in [2.45, 2.75) is 12.5 Å². The Morgan fingerprint density at radius 2 is 2.29 bits per heavy atom. The van der Waals surface area contributed by atoms with Gasteiger partial charge in [0.15, 0.2) is 0 Å². The van der Waals surface area contributed by atoms with E-state index in [4.69, 9.17) is 16.1 Å². The van der Waals surface area contributed by atoms with E-state index in [0.717, 1.165) is 0 Å². The average Bonchev–Trinajstić information content (AvgIpc) is 2.90. The quantitative estimate of drug-likeness (QED) is 0.889. The summed E-state index contributed by atoms with van der Waals surface area (Å²) in [5, 5.41) is 9.84. The van der Waals surface area contributed by atoms with Crippen molar-refractivity contribution in [3.63, 3.8) is 0 Å². The molecule has 21 heavy (non-hydrogen) atoms. The van der Waals surface area contributed by atoms with E-state index in [1.165, 1.54) is 18.2 Å². The zero-order valence-corrected chi connectivity index (χ0v) is 11.7. The minimum absolute atomic E-state index is 0.0965. The lowest BCUT2D eigenvalue weighted by molar-refractivity contribution is -0.124. The van der Waals surface area contributed by atoms with Crippen LogP contribution in [0.25, 0.3) is 11.4 Å². The van der Waals surface area contributed by atoms with Crippen LogP contribution in [0.2, 0.25) is 5.02 Å². The van der Waals surface area contributed by atoms with Gasteiger partial charge in [-0.05, 0) is 18.2 Å². The van der Waals surface area contributed by atoms with Gasteiger partial charge in [0.1, 0.15) is 5.82 Å². The highest BCUT2D eigenvalue weighted by atomic mass is 35.5. The van der Waals surface area contributed by atoms with Crippen LogP contribution in [0.5, 0.6) is 0 Å². The topological polar surface area (TPSA) is 80.0 Å². The average molecular weight is 311 g/mol. The molecule has 2 heterocycles. The van der Waals surface area contributed by atoms with Crippen LogP contribution in [0.1, 0.15) is 5.89 Å². The molecule has 0 radical (unpaired) electrons. The number of hydrogen-bond acceptors (Lipinski definition) is 5. The molecular weight excluding hydrogens is 299 g/mol. The summed E-state index contributed by atoms with van der Waals surface area (Å²) in [7, 11) is 0. The summed E-state index contributed by atoms with van der Waals surface area (Å²) in [6.45, 7) is 1.30. The van der Waals surface area contributed by atoms with Crippen molar-refractivity contribution in [1.29, 1.82) is 0 Å². The maximum absolute atomic E-state index is 13.0. The minimum Gasteiger partial charge on any atom is -0.353 e. The van der Waals surface area contributed by atoms with Crippen molar-refractivity contribution in [1.82, 2.24) is 20.8 Å².